The summed E-state index contributed by atoms with van der Waals surface area (Å²) in [6.07, 6.45) is 6.15. The van der Waals surface area contributed by atoms with E-state index in [1.807, 2.05) is 4.90 Å². The molecule has 142 valence electrons. The summed E-state index contributed by atoms with van der Waals surface area (Å²) >= 11 is 0. The Kier molecular flexibility index (Phi) is 5.28. The Bertz CT molecular complexity index is 638. The molecule has 3 rings (SSSR count). The molecule has 2 bridgehead atoms. The molecular formula is C15H21N5O6. The number of amides is 4. The summed E-state index contributed by atoms with van der Waals surface area (Å²) in [6.45, 7) is 1.47. The smallest absolute Gasteiger partial charge is 0.415 e. The zero-order valence-electron chi connectivity index (χ0n) is 14.0. The molecule has 4 amide bonds. The van der Waals surface area contributed by atoms with E-state index in [-0.39, 0.29) is 12.6 Å². The first-order valence-electron chi connectivity index (χ1n) is 8.28. The van der Waals surface area contributed by atoms with Gasteiger partial charge in [-0.05, 0) is 18.9 Å². The molecule has 2 fully saturated rings. The monoisotopic (exact) mass is 367 g/mol. The van der Waals surface area contributed by atoms with Crippen molar-refractivity contribution in [3.8, 4) is 0 Å². The van der Waals surface area contributed by atoms with Crippen LogP contribution in [0.3, 0.4) is 0 Å². The lowest BCUT2D eigenvalue weighted by Gasteiger charge is -2.29. The Morgan fingerprint density at radius 2 is 2.08 bits per heavy atom. The lowest BCUT2D eigenvalue weighted by molar-refractivity contribution is -0.139. The van der Waals surface area contributed by atoms with E-state index in [1.165, 1.54) is 17.3 Å². The molecule has 2 saturated heterocycles. The minimum absolute atomic E-state index is 0.187. The third-order valence-corrected chi connectivity index (χ3v) is 4.57. The van der Waals surface area contributed by atoms with Gasteiger partial charge in [-0.15, -0.1) is 0 Å². The molecule has 0 aliphatic carbocycles. The van der Waals surface area contributed by atoms with Gasteiger partial charge in [0.2, 0.25) is 0 Å². The van der Waals surface area contributed by atoms with Gasteiger partial charge in [0.15, 0.2) is 0 Å². The van der Waals surface area contributed by atoms with Crippen LogP contribution in [0.1, 0.15) is 12.8 Å². The Hall–Kier alpha value is -2.79. The summed E-state index contributed by atoms with van der Waals surface area (Å²) in [6, 6.07) is -1.46. The second kappa shape index (κ2) is 7.62. The van der Waals surface area contributed by atoms with Crippen LogP contribution in [-0.4, -0.2) is 86.4 Å². The van der Waals surface area contributed by atoms with Crippen molar-refractivity contribution in [2.45, 2.75) is 24.9 Å². The molecule has 0 aromatic rings. The summed E-state index contributed by atoms with van der Waals surface area (Å²) in [5.41, 5.74) is 2.35. The van der Waals surface area contributed by atoms with Crippen molar-refractivity contribution < 1.29 is 29.5 Å². The second-order valence-corrected chi connectivity index (χ2v) is 6.21. The van der Waals surface area contributed by atoms with Crippen LogP contribution < -0.4 is 5.48 Å². The number of rotatable bonds is 5. The summed E-state index contributed by atoms with van der Waals surface area (Å²) in [5.74, 6) is -0.421. The summed E-state index contributed by atoms with van der Waals surface area (Å²) < 4.78 is 0. The number of hydrogen-bond acceptors (Lipinski definition) is 6. The lowest BCUT2D eigenvalue weighted by Crippen LogP contribution is -2.50. The third-order valence-electron chi connectivity index (χ3n) is 4.57. The number of fused-ring (bicyclic) bond motifs is 2. The fourth-order valence-electron chi connectivity index (χ4n) is 3.14. The average Bonchev–Trinajstić information content (AvgIpc) is 2.81. The van der Waals surface area contributed by atoms with Crippen molar-refractivity contribution in [3.05, 3.63) is 24.7 Å². The highest BCUT2D eigenvalue weighted by molar-refractivity contribution is 5.87. The summed E-state index contributed by atoms with van der Waals surface area (Å²) in [7, 11) is 0. The predicted octanol–water partition coefficient (Wildman–Crippen LogP) is -0.0275. The van der Waals surface area contributed by atoms with Gasteiger partial charge in [-0.25, -0.2) is 20.1 Å². The molecule has 0 spiro atoms. The lowest BCUT2D eigenvalue weighted by atomic mass is 10.0. The highest BCUT2D eigenvalue weighted by Gasteiger charge is 2.46. The number of carbonyl (C=O) groups excluding carboxylic acids is 2. The zero-order chi connectivity index (χ0) is 18.7. The number of carbonyl (C=O) groups is 3. The fraction of sp³-hybridized carbons (Fsp3) is 0.533. The second-order valence-electron chi connectivity index (χ2n) is 6.21. The number of hydrogen-bond donors (Lipinski definition) is 3. The number of carboxylic acid groups (broad SMARTS) is 1. The van der Waals surface area contributed by atoms with E-state index in [4.69, 9.17) is 9.94 Å². The van der Waals surface area contributed by atoms with Gasteiger partial charge < -0.3 is 14.9 Å². The normalized spacial score (nSPS) is 24.9. The number of piperidine rings is 1. The molecule has 11 nitrogen and oxygen atoms in total. The van der Waals surface area contributed by atoms with Gasteiger partial charge in [0, 0.05) is 38.2 Å². The van der Waals surface area contributed by atoms with Gasteiger partial charge in [0.25, 0.3) is 5.91 Å². The molecule has 3 N–H and O–H groups in total. The van der Waals surface area contributed by atoms with Crippen molar-refractivity contribution in [2.24, 2.45) is 0 Å². The molecular weight excluding hydrogens is 346 g/mol. The Morgan fingerprint density at radius 3 is 2.85 bits per heavy atom. The van der Waals surface area contributed by atoms with Crippen LogP contribution in [0.5, 0.6) is 0 Å². The van der Waals surface area contributed by atoms with Gasteiger partial charge in [0.1, 0.15) is 6.04 Å². The molecule has 0 radical (unpaired) electrons. The average molecular weight is 367 g/mol. The molecule has 0 aromatic heterocycles. The van der Waals surface area contributed by atoms with Crippen LogP contribution >= 0.6 is 0 Å². The van der Waals surface area contributed by atoms with E-state index in [1.54, 1.807) is 12.3 Å². The molecule has 26 heavy (non-hydrogen) atoms. The van der Waals surface area contributed by atoms with Gasteiger partial charge in [-0.1, -0.05) is 0 Å². The summed E-state index contributed by atoms with van der Waals surface area (Å²) in [5, 5.41) is 19.2. The first-order valence-corrected chi connectivity index (χ1v) is 8.28. The van der Waals surface area contributed by atoms with Crippen LogP contribution in [0.4, 0.5) is 9.59 Å². The van der Waals surface area contributed by atoms with E-state index in [2.05, 4.69) is 5.48 Å². The molecule has 3 aliphatic rings. The number of nitrogens with one attached hydrogen (secondary N) is 1. The van der Waals surface area contributed by atoms with E-state index in [0.29, 0.717) is 37.5 Å². The van der Waals surface area contributed by atoms with Crippen LogP contribution in [0.2, 0.25) is 0 Å². The van der Waals surface area contributed by atoms with Gasteiger partial charge >= 0.3 is 12.1 Å². The van der Waals surface area contributed by atoms with E-state index >= 15 is 0 Å². The third kappa shape index (κ3) is 3.73. The molecule has 2 atom stereocenters. The molecule has 0 aromatic carbocycles. The number of urea groups is 1. The van der Waals surface area contributed by atoms with Gasteiger partial charge in [-0.3, -0.25) is 19.7 Å². The number of nitrogens with zero attached hydrogens (tertiary/aromatic N) is 4. The van der Waals surface area contributed by atoms with E-state index in [0.717, 1.165) is 4.90 Å². The Labute approximate surface area is 149 Å². The maximum atomic E-state index is 12.2. The van der Waals surface area contributed by atoms with Crippen LogP contribution in [0.15, 0.2) is 24.7 Å². The highest BCUT2D eigenvalue weighted by Crippen LogP contribution is 2.28. The number of hydroxylamine groups is 3. The largest absolute Gasteiger partial charge is 0.464 e. The predicted molar refractivity (Wildman–Crippen MR) is 86.3 cm³/mol. The van der Waals surface area contributed by atoms with Crippen LogP contribution in [0, 0.1) is 0 Å². The van der Waals surface area contributed by atoms with Crippen molar-refractivity contribution in [1.82, 2.24) is 25.2 Å². The topological polar surface area (TPSA) is 126 Å². The van der Waals surface area contributed by atoms with E-state index in [9.17, 15) is 19.6 Å². The minimum Gasteiger partial charge on any atom is -0.464 e. The summed E-state index contributed by atoms with van der Waals surface area (Å²) in [4.78, 5) is 44.4. The van der Waals surface area contributed by atoms with Crippen molar-refractivity contribution in [1.29, 1.82) is 0 Å². The van der Waals surface area contributed by atoms with Crippen LogP contribution in [-0.2, 0) is 9.63 Å². The van der Waals surface area contributed by atoms with Crippen LogP contribution in [0.25, 0.3) is 0 Å². The molecule has 3 aliphatic heterocycles. The quantitative estimate of drug-likeness (QED) is 0.354. The molecule has 0 unspecified atom stereocenters. The molecule has 0 saturated carbocycles. The SMILES string of the molecule is O=C(NOCCN1C=CN(C(=O)O)C=CC1)[C@@H]1CC[C@@H]2CN1C(=O)N2O. The maximum absolute atomic E-state index is 12.2. The first kappa shape index (κ1) is 18.0. The fourth-order valence-corrected chi connectivity index (χ4v) is 3.14. The standard InChI is InChI=1S/C15H21N5O6/c21-13(12-3-2-11-10-19(12)14(22)20(11)25)16-26-9-8-17-4-1-5-18(7-6-17)15(23)24/h1,5-7,11-12,25H,2-4,8-10H2,(H,16,21)(H,23,24)/t11-,12+/m1/s1. The maximum Gasteiger partial charge on any atom is 0.415 e. The minimum atomic E-state index is -1.07. The van der Waals surface area contributed by atoms with Gasteiger partial charge in [0.05, 0.1) is 12.6 Å². The first-order chi connectivity index (χ1) is 12.5. The molecule has 11 heteroatoms. The van der Waals surface area contributed by atoms with E-state index < -0.39 is 24.1 Å². The van der Waals surface area contributed by atoms with Gasteiger partial charge in [-0.2, -0.15) is 0 Å². The van der Waals surface area contributed by atoms with Crippen molar-refractivity contribution >= 4 is 18.0 Å². The Balaban J connectivity index is 1.41. The van der Waals surface area contributed by atoms with Crippen molar-refractivity contribution in [3.63, 3.8) is 0 Å². The van der Waals surface area contributed by atoms with Crippen molar-refractivity contribution in [2.75, 3.05) is 26.2 Å². The molecule has 3 heterocycles. The zero-order valence-corrected chi connectivity index (χ0v) is 14.0. The highest BCUT2D eigenvalue weighted by atomic mass is 16.7. The Morgan fingerprint density at radius 1 is 1.27 bits per heavy atom.